The van der Waals surface area contributed by atoms with Crippen molar-refractivity contribution in [2.45, 2.75) is 45.4 Å². The number of hydrogen-bond acceptors (Lipinski definition) is 3. The normalized spacial score (nSPS) is 25.3. The van der Waals surface area contributed by atoms with Crippen LogP contribution >= 0.6 is 11.6 Å². The van der Waals surface area contributed by atoms with Gasteiger partial charge in [0, 0.05) is 11.6 Å². The summed E-state index contributed by atoms with van der Waals surface area (Å²) in [4.78, 5) is 10.8. The van der Waals surface area contributed by atoms with Gasteiger partial charge in [0.15, 0.2) is 0 Å². The maximum atomic E-state index is 11.2. The van der Waals surface area contributed by atoms with Gasteiger partial charge in [-0.3, -0.25) is 10.1 Å². The molecule has 0 unspecified atom stereocenters. The van der Waals surface area contributed by atoms with Crippen LogP contribution in [0.1, 0.15) is 44.6 Å². The van der Waals surface area contributed by atoms with Gasteiger partial charge in [-0.25, -0.2) is 0 Å². The number of halogens is 1. The molecule has 1 saturated carbocycles. The maximum absolute atomic E-state index is 11.2. The topological polar surface area (TPSA) is 66.9 Å². The number of nitro benzene ring substituents is 1. The lowest BCUT2D eigenvalue weighted by Gasteiger charge is -2.34. The lowest BCUT2D eigenvalue weighted by atomic mass is 9.68. The molecule has 1 aromatic carbocycles. The average Bonchev–Trinajstić information content (AvgIpc) is 2.49. The fourth-order valence-corrected chi connectivity index (χ4v) is 3.43. The highest BCUT2D eigenvalue weighted by Crippen LogP contribution is 2.44. The zero-order chi connectivity index (χ0) is 15.5. The van der Waals surface area contributed by atoms with Gasteiger partial charge in [-0.05, 0) is 44.1 Å². The lowest BCUT2D eigenvalue weighted by molar-refractivity contribution is -0.385. The highest BCUT2D eigenvalue weighted by atomic mass is 35.5. The van der Waals surface area contributed by atoms with E-state index in [0.717, 1.165) is 32.1 Å². The van der Waals surface area contributed by atoms with E-state index in [-0.39, 0.29) is 5.69 Å². The summed E-state index contributed by atoms with van der Waals surface area (Å²) < 4.78 is 0. The second-order valence-corrected chi connectivity index (χ2v) is 6.32. The van der Waals surface area contributed by atoms with Gasteiger partial charge in [-0.15, -0.1) is 0 Å². The van der Waals surface area contributed by atoms with Crippen molar-refractivity contribution >= 4 is 17.3 Å². The third kappa shape index (κ3) is 3.36. The second kappa shape index (κ2) is 6.44. The van der Waals surface area contributed by atoms with Crippen LogP contribution < -0.4 is 0 Å². The Morgan fingerprint density at radius 3 is 2.67 bits per heavy atom. The Labute approximate surface area is 129 Å². The van der Waals surface area contributed by atoms with Crippen molar-refractivity contribution in [2.24, 2.45) is 11.3 Å². The van der Waals surface area contributed by atoms with E-state index >= 15 is 0 Å². The van der Waals surface area contributed by atoms with Crippen LogP contribution in [0.2, 0.25) is 5.02 Å². The first-order valence-electron chi connectivity index (χ1n) is 7.34. The molecule has 0 saturated heterocycles. The lowest BCUT2D eigenvalue weighted by Crippen LogP contribution is -2.28. The molecule has 1 aliphatic rings. The van der Waals surface area contributed by atoms with Crippen LogP contribution in [0.3, 0.4) is 0 Å². The van der Waals surface area contributed by atoms with Gasteiger partial charge in [-0.2, -0.15) is 5.26 Å². The Morgan fingerprint density at radius 1 is 1.48 bits per heavy atom. The van der Waals surface area contributed by atoms with Crippen molar-refractivity contribution in [3.63, 3.8) is 0 Å². The summed E-state index contributed by atoms with van der Waals surface area (Å²) in [5.41, 5.74) is 0.0110. The molecular weight excluding hydrogens is 288 g/mol. The monoisotopic (exact) mass is 306 g/mol. The summed E-state index contributed by atoms with van der Waals surface area (Å²) >= 11 is 6.15. The summed E-state index contributed by atoms with van der Waals surface area (Å²) in [6, 6.07) is 7.12. The van der Waals surface area contributed by atoms with Crippen LogP contribution in [0.15, 0.2) is 18.2 Å². The first-order valence-corrected chi connectivity index (χ1v) is 7.72. The number of hydrogen-bond donors (Lipinski definition) is 0. The second-order valence-electron chi connectivity index (χ2n) is 5.92. The summed E-state index contributed by atoms with van der Waals surface area (Å²) in [7, 11) is 0. The fourth-order valence-electron chi connectivity index (χ4n) is 3.20. The molecule has 0 aliphatic heterocycles. The molecule has 1 fully saturated rings. The van der Waals surface area contributed by atoms with Crippen molar-refractivity contribution < 1.29 is 4.92 Å². The van der Waals surface area contributed by atoms with Crippen LogP contribution in [0, 0.1) is 32.8 Å². The molecular formula is C16H19ClN2O2. The Bertz CT molecular complexity index is 572. The maximum Gasteiger partial charge on any atom is 0.274 e. The zero-order valence-electron chi connectivity index (χ0n) is 12.1. The summed E-state index contributed by atoms with van der Waals surface area (Å²) in [5.74, 6) is 0.674. The third-order valence-corrected chi connectivity index (χ3v) is 5.04. The Balaban J connectivity index is 2.28. The highest BCUT2D eigenvalue weighted by molar-refractivity contribution is 6.31. The number of nitrogens with zero attached hydrogens (tertiary/aromatic N) is 2. The van der Waals surface area contributed by atoms with Gasteiger partial charge < -0.3 is 0 Å². The first-order chi connectivity index (χ1) is 10.0. The molecule has 0 N–H and O–H groups in total. The van der Waals surface area contributed by atoms with E-state index < -0.39 is 10.3 Å². The predicted octanol–water partition coefficient (Wildman–Crippen LogP) is 4.90. The molecule has 0 amide bonds. The smallest absolute Gasteiger partial charge is 0.258 e. The summed E-state index contributed by atoms with van der Waals surface area (Å²) in [6.07, 6.45) is 5.13. The van der Waals surface area contributed by atoms with E-state index in [4.69, 9.17) is 11.6 Å². The standard InChI is InChI=1S/C16H19ClN2O2/c1-2-12-6-8-16(11-18,9-7-12)10-13-14(17)4-3-5-15(13)19(20)21/h3-5,12H,2,6-10H2,1H3. The molecule has 2 rings (SSSR count). The van der Waals surface area contributed by atoms with Gasteiger partial charge >= 0.3 is 0 Å². The molecule has 1 aromatic rings. The highest BCUT2D eigenvalue weighted by Gasteiger charge is 2.37. The molecule has 112 valence electrons. The van der Waals surface area contributed by atoms with Crippen LogP contribution in [0.25, 0.3) is 0 Å². The fraction of sp³-hybridized carbons (Fsp3) is 0.562. The van der Waals surface area contributed by atoms with Crippen molar-refractivity contribution in [1.29, 1.82) is 5.26 Å². The molecule has 21 heavy (non-hydrogen) atoms. The van der Waals surface area contributed by atoms with E-state index in [1.165, 1.54) is 6.07 Å². The molecule has 0 aromatic heterocycles. The van der Waals surface area contributed by atoms with E-state index in [1.54, 1.807) is 12.1 Å². The molecule has 1 aliphatic carbocycles. The largest absolute Gasteiger partial charge is 0.274 e. The number of benzene rings is 1. The van der Waals surface area contributed by atoms with E-state index in [9.17, 15) is 15.4 Å². The minimum absolute atomic E-state index is 0.0229. The summed E-state index contributed by atoms with van der Waals surface area (Å²) in [5, 5.41) is 21.2. The molecule has 0 radical (unpaired) electrons. The quantitative estimate of drug-likeness (QED) is 0.587. The summed E-state index contributed by atoms with van der Waals surface area (Å²) in [6.45, 7) is 2.17. The van der Waals surface area contributed by atoms with Gasteiger partial charge in [0.25, 0.3) is 5.69 Å². The van der Waals surface area contributed by atoms with Gasteiger partial charge in [0.1, 0.15) is 0 Å². The molecule has 4 nitrogen and oxygen atoms in total. The Morgan fingerprint density at radius 2 is 2.14 bits per heavy atom. The van der Waals surface area contributed by atoms with Crippen LogP contribution in [-0.2, 0) is 6.42 Å². The minimum Gasteiger partial charge on any atom is -0.258 e. The zero-order valence-corrected chi connectivity index (χ0v) is 12.9. The van der Waals surface area contributed by atoms with Crippen molar-refractivity contribution in [2.75, 3.05) is 0 Å². The van der Waals surface area contributed by atoms with Crippen molar-refractivity contribution in [1.82, 2.24) is 0 Å². The van der Waals surface area contributed by atoms with Crippen LogP contribution in [-0.4, -0.2) is 4.92 Å². The van der Waals surface area contributed by atoms with E-state index in [0.29, 0.717) is 22.9 Å². The predicted molar refractivity (Wildman–Crippen MR) is 82.1 cm³/mol. The number of rotatable bonds is 4. The van der Waals surface area contributed by atoms with Gasteiger partial charge in [0.2, 0.25) is 0 Å². The van der Waals surface area contributed by atoms with E-state index in [1.807, 2.05) is 0 Å². The molecule has 0 spiro atoms. The molecule has 0 bridgehead atoms. The van der Waals surface area contributed by atoms with Crippen molar-refractivity contribution in [3.8, 4) is 6.07 Å². The van der Waals surface area contributed by atoms with Crippen LogP contribution in [0.5, 0.6) is 0 Å². The SMILES string of the molecule is CCC1CCC(C#N)(Cc2c(Cl)cccc2[N+](=O)[O-])CC1. The Kier molecular flexibility index (Phi) is 4.84. The Hall–Kier alpha value is -1.60. The first kappa shape index (κ1) is 15.8. The molecule has 5 heteroatoms. The van der Waals surface area contributed by atoms with E-state index in [2.05, 4.69) is 13.0 Å². The molecule has 0 atom stereocenters. The molecule has 0 heterocycles. The number of nitro groups is 1. The third-order valence-electron chi connectivity index (χ3n) is 4.68. The van der Waals surface area contributed by atoms with Crippen LogP contribution in [0.4, 0.5) is 5.69 Å². The van der Waals surface area contributed by atoms with Crippen molar-refractivity contribution in [3.05, 3.63) is 38.9 Å². The van der Waals surface area contributed by atoms with Gasteiger partial charge in [0.05, 0.1) is 21.4 Å². The minimum atomic E-state index is -0.512. The number of nitriles is 1. The van der Waals surface area contributed by atoms with Gasteiger partial charge in [-0.1, -0.05) is 31.0 Å². The average molecular weight is 307 g/mol.